The van der Waals surface area contributed by atoms with E-state index in [-0.39, 0.29) is 0 Å². The zero-order valence-corrected chi connectivity index (χ0v) is 8.96. The van der Waals surface area contributed by atoms with E-state index >= 15 is 0 Å². The van der Waals surface area contributed by atoms with Gasteiger partial charge in [-0.3, -0.25) is 0 Å². The Bertz CT molecular complexity index is 85.7. The lowest BCUT2D eigenvalue weighted by atomic mass is 9.88. The standard InChI is InChI=1S/C8H18BrN/c1-5-10-7(6-9)8(2,3)4/h7,10H,5-6H2,1-4H3. The fourth-order valence-corrected chi connectivity index (χ4v) is 2.04. The second kappa shape index (κ2) is 4.35. The van der Waals surface area contributed by atoms with Gasteiger partial charge in [-0.05, 0) is 12.0 Å². The van der Waals surface area contributed by atoms with Gasteiger partial charge in [0.05, 0.1) is 0 Å². The van der Waals surface area contributed by atoms with Gasteiger partial charge in [-0.15, -0.1) is 0 Å². The number of halogens is 1. The third-order valence-electron chi connectivity index (χ3n) is 1.65. The Kier molecular flexibility index (Phi) is 4.54. The molecule has 0 aromatic heterocycles. The molecule has 0 aliphatic carbocycles. The van der Waals surface area contributed by atoms with Crippen molar-refractivity contribution in [1.82, 2.24) is 5.32 Å². The van der Waals surface area contributed by atoms with E-state index in [1.54, 1.807) is 0 Å². The molecule has 0 saturated carbocycles. The van der Waals surface area contributed by atoms with Crippen LogP contribution in [-0.2, 0) is 0 Å². The Morgan fingerprint density at radius 3 is 2.00 bits per heavy atom. The second-order valence-electron chi connectivity index (χ2n) is 3.63. The van der Waals surface area contributed by atoms with Crippen LogP contribution in [0.4, 0.5) is 0 Å². The highest BCUT2D eigenvalue weighted by Gasteiger charge is 2.21. The van der Waals surface area contributed by atoms with E-state index in [0.29, 0.717) is 11.5 Å². The molecule has 2 heteroatoms. The molecule has 0 fully saturated rings. The Morgan fingerprint density at radius 1 is 1.40 bits per heavy atom. The maximum Gasteiger partial charge on any atom is 0.0212 e. The molecule has 0 spiro atoms. The van der Waals surface area contributed by atoms with Crippen molar-refractivity contribution >= 4 is 15.9 Å². The van der Waals surface area contributed by atoms with Gasteiger partial charge in [0.15, 0.2) is 0 Å². The zero-order valence-electron chi connectivity index (χ0n) is 7.37. The van der Waals surface area contributed by atoms with E-state index in [9.17, 15) is 0 Å². The van der Waals surface area contributed by atoms with Gasteiger partial charge in [0.2, 0.25) is 0 Å². The Balaban J connectivity index is 3.81. The first-order valence-corrected chi connectivity index (χ1v) is 4.93. The van der Waals surface area contributed by atoms with Crippen LogP contribution >= 0.6 is 15.9 Å². The summed E-state index contributed by atoms with van der Waals surface area (Å²) < 4.78 is 0. The molecule has 0 aliphatic rings. The minimum Gasteiger partial charge on any atom is -0.313 e. The highest BCUT2D eigenvalue weighted by atomic mass is 79.9. The highest BCUT2D eigenvalue weighted by Crippen LogP contribution is 2.20. The van der Waals surface area contributed by atoms with Gasteiger partial charge in [-0.25, -0.2) is 0 Å². The summed E-state index contributed by atoms with van der Waals surface area (Å²) in [7, 11) is 0. The average molecular weight is 208 g/mol. The van der Waals surface area contributed by atoms with Crippen LogP contribution in [0.5, 0.6) is 0 Å². The predicted molar refractivity (Wildman–Crippen MR) is 50.7 cm³/mol. The van der Waals surface area contributed by atoms with Crippen LogP contribution in [0.25, 0.3) is 0 Å². The minimum absolute atomic E-state index is 0.361. The van der Waals surface area contributed by atoms with E-state index in [0.717, 1.165) is 11.9 Å². The van der Waals surface area contributed by atoms with Gasteiger partial charge in [0.25, 0.3) is 0 Å². The summed E-state index contributed by atoms with van der Waals surface area (Å²) in [5.74, 6) is 0. The summed E-state index contributed by atoms with van der Waals surface area (Å²) in [5.41, 5.74) is 0.361. The van der Waals surface area contributed by atoms with Gasteiger partial charge in [-0.1, -0.05) is 43.6 Å². The van der Waals surface area contributed by atoms with Crippen LogP contribution in [0.15, 0.2) is 0 Å². The van der Waals surface area contributed by atoms with Crippen molar-refractivity contribution < 1.29 is 0 Å². The summed E-state index contributed by atoms with van der Waals surface area (Å²) in [4.78, 5) is 0. The Labute approximate surface area is 72.7 Å². The molecule has 0 aromatic rings. The molecule has 1 unspecified atom stereocenters. The average Bonchev–Trinajstić information content (AvgIpc) is 1.80. The normalized spacial score (nSPS) is 15.3. The predicted octanol–water partition coefficient (Wildman–Crippen LogP) is 2.41. The second-order valence-corrected chi connectivity index (χ2v) is 4.28. The Morgan fingerprint density at radius 2 is 1.90 bits per heavy atom. The monoisotopic (exact) mass is 207 g/mol. The molecule has 1 nitrogen and oxygen atoms in total. The maximum atomic E-state index is 3.49. The molecule has 1 N–H and O–H groups in total. The smallest absolute Gasteiger partial charge is 0.0212 e. The molecule has 0 heterocycles. The maximum absolute atomic E-state index is 3.49. The van der Waals surface area contributed by atoms with Crippen molar-refractivity contribution in [1.29, 1.82) is 0 Å². The number of rotatable bonds is 3. The summed E-state index contributed by atoms with van der Waals surface area (Å²) in [6.07, 6.45) is 0. The first kappa shape index (κ1) is 10.4. The van der Waals surface area contributed by atoms with E-state index < -0.39 is 0 Å². The summed E-state index contributed by atoms with van der Waals surface area (Å²) in [5, 5.41) is 4.46. The molecular formula is C8H18BrN. The summed E-state index contributed by atoms with van der Waals surface area (Å²) in [6.45, 7) is 9.94. The molecule has 0 radical (unpaired) electrons. The van der Waals surface area contributed by atoms with Crippen molar-refractivity contribution in [2.45, 2.75) is 33.7 Å². The van der Waals surface area contributed by atoms with Gasteiger partial charge in [0, 0.05) is 11.4 Å². The lowest BCUT2D eigenvalue weighted by molar-refractivity contribution is 0.296. The van der Waals surface area contributed by atoms with Crippen LogP contribution in [0.1, 0.15) is 27.7 Å². The van der Waals surface area contributed by atoms with E-state index in [1.807, 2.05) is 0 Å². The molecule has 0 saturated heterocycles. The summed E-state index contributed by atoms with van der Waals surface area (Å²) >= 11 is 3.49. The van der Waals surface area contributed by atoms with Crippen molar-refractivity contribution in [2.75, 3.05) is 11.9 Å². The largest absolute Gasteiger partial charge is 0.313 e. The van der Waals surface area contributed by atoms with Crippen LogP contribution in [0, 0.1) is 5.41 Å². The SMILES string of the molecule is CCNC(CBr)C(C)(C)C. The zero-order chi connectivity index (χ0) is 8.20. The molecule has 0 aliphatic heterocycles. The van der Waals surface area contributed by atoms with Crippen molar-refractivity contribution in [2.24, 2.45) is 5.41 Å². The Hall–Kier alpha value is 0.440. The highest BCUT2D eigenvalue weighted by molar-refractivity contribution is 9.09. The molecule has 0 rings (SSSR count). The third kappa shape index (κ3) is 3.57. The van der Waals surface area contributed by atoms with Gasteiger partial charge in [0.1, 0.15) is 0 Å². The first-order chi connectivity index (χ1) is 4.52. The number of nitrogens with one attached hydrogen (secondary N) is 1. The van der Waals surface area contributed by atoms with Crippen LogP contribution in [0.2, 0.25) is 0 Å². The fraction of sp³-hybridized carbons (Fsp3) is 1.00. The molecule has 10 heavy (non-hydrogen) atoms. The third-order valence-corrected chi connectivity index (χ3v) is 2.30. The topological polar surface area (TPSA) is 12.0 Å². The van der Waals surface area contributed by atoms with Crippen molar-refractivity contribution in [3.05, 3.63) is 0 Å². The first-order valence-electron chi connectivity index (χ1n) is 3.81. The van der Waals surface area contributed by atoms with E-state index in [2.05, 4.69) is 48.9 Å². The fourth-order valence-electron chi connectivity index (χ4n) is 0.839. The molecule has 0 aromatic carbocycles. The van der Waals surface area contributed by atoms with Gasteiger partial charge < -0.3 is 5.32 Å². The van der Waals surface area contributed by atoms with Gasteiger partial charge >= 0.3 is 0 Å². The van der Waals surface area contributed by atoms with E-state index in [1.165, 1.54) is 0 Å². The van der Waals surface area contributed by atoms with Crippen LogP contribution in [0.3, 0.4) is 0 Å². The summed E-state index contributed by atoms with van der Waals surface area (Å²) in [6, 6.07) is 0.581. The lowest BCUT2D eigenvalue weighted by Gasteiger charge is -2.29. The number of hydrogen-bond donors (Lipinski definition) is 1. The molecular weight excluding hydrogens is 190 g/mol. The molecule has 0 amide bonds. The van der Waals surface area contributed by atoms with Crippen molar-refractivity contribution in [3.8, 4) is 0 Å². The number of hydrogen-bond acceptors (Lipinski definition) is 1. The van der Waals surface area contributed by atoms with Crippen molar-refractivity contribution in [3.63, 3.8) is 0 Å². The molecule has 1 atom stereocenters. The number of alkyl halides is 1. The van der Waals surface area contributed by atoms with Gasteiger partial charge in [-0.2, -0.15) is 0 Å². The van der Waals surface area contributed by atoms with Crippen LogP contribution < -0.4 is 5.32 Å². The minimum atomic E-state index is 0.361. The molecule has 62 valence electrons. The lowest BCUT2D eigenvalue weighted by Crippen LogP contribution is -2.41. The molecule has 0 bridgehead atoms. The van der Waals surface area contributed by atoms with E-state index in [4.69, 9.17) is 0 Å². The quantitative estimate of drug-likeness (QED) is 0.702. The van der Waals surface area contributed by atoms with Crippen LogP contribution in [-0.4, -0.2) is 17.9 Å².